The topological polar surface area (TPSA) is 46.3 Å². The zero-order valence-corrected chi connectivity index (χ0v) is 12.5. The number of nitrogens with zero attached hydrogens (tertiary/aromatic N) is 1. The van der Waals surface area contributed by atoms with Gasteiger partial charge < -0.3 is 10.6 Å². The lowest BCUT2D eigenvalue weighted by molar-refractivity contribution is 0.0739. The molecule has 106 valence electrons. The number of fused-ring (bicyclic) bond motifs is 1. The lowest BCUT2D eigenvalue weighted by Gasteiger charge is -2.28. The van der Waals surface area contributed by atoms with Crippen LogP contribution in [0.15, 0.2) is 36.4 Å². The van der Waals surface area contributed by atoms with Crippen LogP contribution >= 0.6 is 11.3 Å². The monoisotopic (exact) mass is 296 g/mol. The van der Waals surface area contributed by atoms with Gasteiger partial charge in [-0.1, -0.05) is 36.1 Å². The minimum absolute atomic E-state index is 0.0929. The SMILES string of the molecule is NCC#Cc1ccc(C(=O)N2CCc3ccccc3C2)s1. The van der Waals surface area contributed by atoms with Gasteiger partial charge >= 0.3 is 0 Å². The molecule has 0 radical (unpaired) electrons. The Morgan fingerprint density at radius 3 is 2.86 bits per heavy atom. The van der Waals surface area contributed by atoms with Crippen molar-refractivity contribution in [2.75, 3.05) is 13.1 Å². The highest BCUT2D eigenvalue weighted by Crippen LogP contribution is 2.23. The summed E-state index contributed by atoms with van der Waals surface area (Å²) in [5.41, 5.74) is 7.96. The minimum atomic E-state index is 0.0929. The van der Waals surface area contributed by atoms with Crippen molar-refractivity contribution in [3.05, 3.63) is 57.3 Å². The molecule has 0 atom stereocenters. The van der Waals surface area contributed by atoms with E-state index in [0.717, 1.165) is 22.7 Å². The van der Waals surface area contributed by atoms with Crippen molar-refractivity contribution in [1.29, 1.82) is 0 Å². The second-order valence-electron chi connectivity index (χ2n) is 4.92. The van der Waals surface area contributed by atoms with E-state index in [1.807, 2.05) is 23.1 Å². The molecule has 1 aliphatic rings. The number of carbonyl (C=O) groups excluding carboxylic acids is 1. The van der Waals surface area contributed by atoms with Crippen molar-refractivity contribution in [2.24, 2.45) is 5.73 Å². The first kappa shape index (κ1) is 13.9. The van der Waals surface area contributed by atoms with Crippen LogP contribution in [0.5, 0.6) is 0 Å². The van der Waals surface area contributed by atoms with Crippen molar-refractivity contribution in [1.82, 2.24) is 4.90 Å². The summed E-state index contributed by atoms with van der Waals surface area (Å²) in [6.07, 6.45) is 0.924. The van der Waals surface area contributed by atoms with Crippen LogP contribution in [0.2, 0.25) is 0 Å². The highest BCUT2D eigenvalue weighted by atomic mass is 32.1. The van der Waals surface area contributed by atoms with Crippen molar-refractivity contribution in [2.45, 2.75) is 13.0 Å². The molecule has 0 saturated carbocycles. The summed E-state index contributed by atoms with van der Waals surface area (Å²) in [5, 5.41) is 0. The molecule has 1 aromatic carbocycles. The van der Waals surface area contributed by atoms with Crippen LogP contribution in [0, 0.1) is 11.8 Å². The van der Waals surface area contributed by atoms with E-state index in [4.69, 9.17) is 5.73 Å². The van der Waals surface area contributed by atoms with E-state index in [0.29, 0.717) is 13.1 Å². The Hall–Kier alpha value is -2.09. The largest absolute Gasteiger partial charge is 0.333 e. The molecule has 3 rings (SSSR count). The van der Waals surface area contributed by atoms with Crippen LogP contribution in [-0.2, 0) is 13.0 Å². The molecule has 0 bridgehead atoms. The van der Waals surface area contributed by atoms with E-state index < -0.39 is 0 Å². The zero-order valence-electron chi connectivity index (χ0n) is 11.6. The Kier molecular flexibility index (Phi) is 4.05. The van der Waals surface area contributed by atoms with E-state index in [2.05, 4.69) is 30.0 Å². The molecule has 0 spiro atoms. The fourth-order valence-electron chi connectivity index (χ4n) is 2.48. The second-order valence-corrected chi connectivity index (χ2v) is 6.00. The highest BCUT2D eigenvalue weighted by molar-refractivity contribution is 7.14. The Morgan fingerprint density at radius 2 is 2.05 bits per heavy atom. The first-order valence-electron chi connectivity index (χ1n) is 6.93. The van der Waals surface area contributed by atoms with E-state index >= 15 is 0 Å². The first-order chi connectivity index (χ1) is 10.3. The third kappa shape index (κ3) is 2.99. The second kappa shape index (κ2) is 6.13. The van der Waals surface area contributed by atoms with Crippen LogP contribution in [0.25, 0.3) is 0 Å². The lowest BCUT2D eigenvalue weighted by atomic mass is 10.00. The van der Waals surface area contributed by atoms with Gasteiger partial charge in [-0.3, -0.25) is 4.79 Å². The average Bonchev–Trinajstić information content (AvgIpc) is 3.00. The molecule has 0 aliphatic carbocycles. The molecular formula is C17H16N2OS. The number of benzene rings is 1. The van der Waals surface area contributed by atoms with Crippen molar-refractivity contribution >= 4 is 17.2 Å². The lowest BCUT2D eigenvalue weighted by Crippen LogP contribution is -2.35. The van der Waals surface area contributed by atoms with Gasteiger partial charge in [-0.2, -0.15) is 0 Å². The Labute approximate surface area is 128 Å². The molecule has 2 heterocycles. The molecule has 4 heteroatoms. The van der Waals surface area contributed by atoms with Crippen LogP contribution in [-0.4, -0.2) is 23.9 Å². The molecule has 1 aromatic heterocycles. The quantitative estimate of drug-likeness (QED) is 0.821. The average molecular weight is 296 g/mol. The third-order valence-electron chi connectivity index (χ3n) is 3.55. The van der Waals surface area contributed by atoms with E-state index in [9.17, 15) is 4.79 Å². The van der Waals surface area contributed by atoms with E-state index in [-0.39, 0.29) is 5.91 Å². The molecule has 0 fully saturated rings. The summed E-state index contributed by atoms with van der Waals surface area (Å²) < 4.78 is 0. The van der Waals surface area contributed by atoms with Crippen molar-refractivity contribution in [3.63, 3.8) is 0 Å². The van der Waals surface area contributed by atoms with Crippen molar-refractivity contribution in [3.8, 4) is 11.8 Å². The number of hydrogen-bond acceptors (Lipinski definition) is 3. The maximum absolute atomic E-state index is 12.6. The number of hydrogen-bond donors (Lipinski definition) is 1. The zero-order chi connectivity index (χ0) is 14.7. The van der Waals surface area contributed by atoms with Gasteiger partial charge in [0.1, 0.15) is 0 Å². The molecule has 1 aliphatic heterocycles. The van der Waals surface area contributed by atoms with Gasteiger partial charge in [0.2, 0.25) is 0 Å². The molecule has 0 unspecified atom stereocenters. The summed E-state index contributed by atoms with van der Waals surface area (Å²) in [7, 11) is 0. The van der Waals surface area contributed by atoms with Crippen LogP contribution in [0.3, 0.4) is 0 Å². The van der Waals surface area contributed by atoms with E-state index in [1.54, 1.807) is 0 Å². The molecular weight excluding hydrogens is 280 g/mol. The fourth-order valence-corrected chi connectivity index (χ4v) is 3.33. The van der Waals surface area contributed by atoms with Gasteiger partial charge in [-0.15, -0.1) is 11.3 Å². The van der Waals surface area contributed by atoms with Gasteiger partial charge in [0.15, 0.2) is 0 Å². The molecule has 2 aromatic rings. The maximum atomic E-state index is 12.6. The number of rotatable bonds is 1. The molecule has 3 nitrogen and oxygen atoms in total. The third-order valence-corrected chi connectivity index (χ3v) is 4.54. The number of nitrogens with two attached hydrogens (primary N) is 1. The summed E-state index contributed by atoms with van der Waals surface area (Å²) in [6.45, 7) is 1.80. The molecule has 0 saturated heterocycles. The van der Waals surface area contributed by atoms with Crippen LogP contribution in [0.4, 0.5) is 0 Å². The van der Waals surface area contributed by atoms with Crippen LogP contribution in [0.1, 0.15) is 25.7 Å². The smallest absolute Gasteiger partial charge is 0.264 e. The maximum Gasteiger partial charge on any atom is 0.264 e. The fraction of sp³-hybridized carbons (Fsp3) is 0.235. The summed E-state index contributed by atoms with van der Waals surface area (Å²) in [4.78, 5) is 16.1. The summed E-state index contributed by atoms with van der Waals surface area (Å²) in [6, 6.07) is 12.1. The predicted octanol–water partition coefficient (Wildman–Crippen LogP) is 2.26. The van der Waals surface area contributed by atoms with Gasteiger partial charge in [0, 0.05) is 13.1 Å². The molecule has 2 N–H and O–H groups in total. The summed E-state index contributed by atoms with van der Waals surface area (Å²) in [5.74, 6) is 5.88. The van der Waals surface area contributed by atoms with Gasteiger partial charge in [0.05, 0.1) is 16.3 Å². The van der Waals surface area contributed by atoms with Gasteiger partial charge in [-0.25, -0.2) is 0 Å². The summed E-state index contributed by atoms with van der Waals surface area (Å²) >= 11 is 1.44. The standard InChI is InChI=1S/C17H16N2OS/c18-10-3-6-15-7-8-16(21-15)17(20)19-11-9-13-4-1-2-5-14(13)12-19/h1-2,4-5,7-8H,9-12,18H2. The Balaban J connectivity index is 1.76. The number of amides is 1. The molecule has 21 heavy (non-hydrogen) atoms. The van der Waals surface area contributed by atoms with Gasteiger partial charge in [0.25, 0.3) is 5.91 Å². The normalized spacial score (nSPS) is 13.3. The van der Waals surface area contributed by atoms with E-state index in [1.165, 1.54) is 22.5 Å². The predicted molar refractivity (Wildman–Crippen MR) is 85.1 cm³/mol. The molecule has 1 amide bonds. The number of thiophene rings is 1. The Bertz CT molecular complexity index is 724. The number of carbonyl (C=O) groups is 1. The van der Waals surface area contributed by atoms with Crippen LogP contribution < -0.4 is 5.73 Å². The Morgan fingerprint density at radius 1 is 1.24 bits per heavy atom. The first-order valence-corrected chi connectivity index (χ1v) is 7.74. The highest BCUT2D eigenvalue weighted by Gasteiger charge is 2.22. The van der Waals surface area contributed by atoms with Gasteiger partial charge in [-0.05, 0) is 29.7 Å². The minimum Gasteiger partial charge on any atom is -0.333 e. The van der Waals surface area contributed by atoms with Crippen molar-refractivity contribution < 1.29 is 4.79 Å².